The highest BCUT2D eigenvalue weighted by atomic mass is 35.5. The molecule has 1 rings (SSSR count). The van der Waals surface area contributed by atoms with Crippen LogP contribution >= 0.6 is 11.6 Å². The smallest absolute Gasteiger partial charge is 0.370 e. The van der Waals surface area contributed by atoms with E-state index in [1.54, 1.807) is 0 Å². The van der Waals surface area contributed by atoms with Gasteiger partial charge in [-0.15, -0.1) is 0 Å². The van der Waals surface area contributed by atoms with E-state index >= 15 is 0 Å². The summed E-state index contributed by atoms with van der Waals surface area (Å²) in [4.78, 5) is 6.89. The zero-order valence-electron chi connectivity index (χ0n) is 10.2. The van der Waals surface area contributed by atoms with Crippen LogP contribution in [0.25, 0.3) is 0 Å². The summed E-state index contributed by atoms with van der Waals surface area (Å²) in [6.07, 6.45) is -2.61. The van der Waals surface area contributed by atoms with Crippen molar-refractivity contribution in [2.45, 2.75) is 32.9 Å². The van der Waals surface area contributed by atoms with Crippen LogP contribution in [0.5, 0.6) is 0 Å². The van der Waals surface area contributed by atoms with E-state index in [9.17, 15) is 13.2 Å². The number of halogens is 4. The molecule has 0 aliphatic heterocycles. The predicted octanol–water partition coefficient (Wildman–Crippen LogP) is 4.00. The molecule has 0 saturated carbocycles. The van der Waals surface area contributed by atoms with Gasteiger partial charge in [0.1, 0.15) is 5.82 Å². The van der Waals surface area contributed by atoms with Gasteiger partial charge in [0, 0.05) is 12.6 Å². The summed E-state index contributed by atoms with van der Waals surface area (Å²) in [6.45, 7) is 4.63. The van der Waals surface area contributed by atoms with E-state index in [0.717, 1.165) is 18.9 Å². The number of nitrogens with zero attached hydrogens (tertiary/aromatic N) is 2. The lowest BCUT2D eigenvalue weighted by Crippen LogP contribution is -2.15. The number of anilines is 1. The van der Waals surface area contributed by atoms with Crippen LogP contribution < -0.4 is 5.32 Å². The van der Waals surface area contributed by atoms with Gasteiger partial charge in [-0.25, -0.2) is 9.97 Å². The molecule has 0 amide bonds. The van der Waals surface area contributed by atoms with Gasteiger partial charge in [-0.2, -0.15) is 13.2 Å². The molecule has 1 aromatic rings. The summed E-state index contributed by atoms with van der Waals surface area (Å²) in [6, 6.07) is 0.869. The van der Waals surface area contributed by atoms with Crippen molar-refractivity contribution in [3.05, 3.63) is 17.0 Å². The van der Waals surface area contributed by atoms with E-state index in [1.807, 2.05) is 13.8 Å². The summed E-state index contributed by atoms with van der Waals surface area (Å²) >= 11 is 5.48. The van der Waals surface area contributed by atoms with Crippen molar-refractivity contribution < 1.29 is 13.2 Å². The number of rotatable bonds is 5. The second-order valence-electron chi connectivity index (χ2n) is 3.97. The van der Waals surface area contributed by atoms with E-state index < -0.39 is 17.2 Å². The molecule has 0 fully saturated rings. The van der Waals surface area contributed by atoms with Crippen molar-refractivity contribution in [1.29, 1.82) is 0 Å². The molecule has 0 aliphatic carbocycles. The van der Waals surface area contributed by atoms with E-state index in [-0.39, 0.29) is 5.82 Å². The fourth-order valence-electron chi connectivity index (χ4n) is 1.48. The van der Waals surface area contributed by atoms with Crippen LogP contribution in [0, 0.1) is 5.92 Å². The Morgan fingerprint density at radius 3 is 2.39 bits per heavy atom. The zero-order valence-corrected chi connectivity index (χ0v) is 10.9. The highest BCUT2D eigenvalue weighted by Crippen LogP contribution is 2.29. The molecule has 0 spiro atoms. The largest absolute Gasteiger partial charge is 0.433 e. The minimum Gasteiger partial charge on any atom is -0.370 e. The molecule has 0 unspecified atom stereocenters. The minimum absolute atomic E-state index is 0.106. The highest BCUT2D eigenvalue weighted by Gasteiger charge is 2.33. The van der Waals surface area contributed by atoms with E-state index in [2.05, 4.69) is 15.3 Å². The second kappa shape index (κ2) is 6.22. The number of hydrogen-bond donors (Lipinski definition) is 1. The monoisotopic (exact) mass is 281 g/mol. The molecule has 0 aromatic carbocycles. The Balaban J connectivity index is 2.81. The summed E-state index contributed by atoms with van der Waals surface area (Å²) in [7, 11) is 0. The van der Waals surface area contributed by atoms with E-state index in [4.69, 9.17) is 11.6 Å². The third-order valence-corrected chi connectivity index (χ3v) is 2.88. The second-order valence-corrected chi connectivity index (χ2v) is 4.31. The van der Waals surface area contributed by atoms with Crippen molar-refractivity contribution in [3.8, 4) is 0 Å². The van der Waals surface area contributed by atoms with Crippen LogP contribution in [0.4, 0.5) is 19.0 Å². The maximum atomic E-state index is 12.5. The molecule has 0 aliphatic rings. The highest BCUT2D eigenvalue weighted by molar-refractivity contribution is 6.28. The van der Waals surface area contributed by atoms with Gasteiger partial charge in [-0.1, -0.05) is 26.7 Å². The van der Waals surface area contributed by atoms with Gasteiger partial charge in [0.05, 0.1) is 0 Å². The van der Waals surface area contributed by atoms with Gasteiger partial charge >= 0.3 is 6.18 Å². The molecular weight excluding hydrogens is 267 g/mol. The summed E-state index contributed by atoms with van der Waals surface area (Å²) in [5.41, 5.74) is -1.03. The topological polar surface area (TPSA) is 37.8 Å². The van der Waals surface area contributed by atoms with Crippen molar-refractivity contribution >= 4 is 17.4 Å². The van der Waals surface area contributed by atoms with Crippen molar-refractivity contribution in [3.63, 3.8) is 0 Å². The molecule has 0 bridgehead atoms. The standard InChI is InChI=1S/C11H15ClF3N3/c1-3-7(4-2)6-16-9-5-8(11(13,14)15)17-10(12)18-9/h5,7H,3-4,6H2,1-2H3,(H,16,17,18). The fourth-order valence-corrected chi connectivity index (χ4v) is 1.66. The Morgan fingerprint density at radius 1 is 1.28 bits per heavy atom. The molecule has 102 valence electrons. The Labute approximate surface area is 109 Å². The quantitative estimate of drug-likeness (QED) is 0.829. The number of alkyl halides is 3. The predicted molar refractivity (Wildman–Crippen MR) is 64.6 cm³/mol. The molecule has 3 nitrogen and oxygen atoms in total. The summed E-state index contributed by atoms with van der Waals surface area (Å²) in [5, 5.41) is 2.46. The van der Waals surface area contributed by atoms with Crippen LogP contribution in [-0.2, 0) is 6.18 Å². The van der Waals surface area contributed by atoms with E-state index in [1.165, 1.54) is 0 Å². The number of aromatic nitrogens is 2. The summed E-state index contributed by atoms with van der Waals surface area (Å²) < 4.78 is 37.5. The number of nitrogens with one attached hydrogen (secondary N) is 1. The summed E-state index contributed by atoms with van der Waals surface area (Å²) in [5.74, 6) is 0.502. The van der Waals surface area contributed by atoms with Crippen LogP contribution in [0.3, 0.4) is 0 Å². The van der Waals surface area contributed by atoms with E-state index in [0.29, 0.717) is 12.5 Å². The van der Waals surface area contributed by atoms with Crippen LogP contribution in [0.1, 0.15) is 32.4 Å². The molecule has 1 heterocycles. The lowest BCUT2D eigenvalue weighted by molar-refractivity contribution is -0.141. The minimum atomic E-state index is -4.52. The van der Waals surface area contributed by atoms with Gasteiger partial charge in [-0.3, -0.25) is 0 Å². The Kier molecular flexibility index (Phi) is 5.19. The first-order chi connectivity index (χ1) is 8.36. The SMILES string of the molecule is CCC(CC)CNc1cc(C(F)(F)F)nc(Cl)n1. The molecule has 7 heteroatoms. The Hall–Kier alpha value is -1.04. The lowest BCUT2D eigenvalue weighted by Gasteiger charge is -2.14. The molecule has 0 saturated heterocycles. The number of hydrogen-bond acceptors (Lipinski definition) is 3. The maximum Gasteiger partial charge on any atom is 0.433 e. The lowest BCUT2D eigenvalue weighted by atomic mass is 10.0. The first kappa shape index (κ1) is 15.0. The molecule has 0 atom stereocenters. The van der Waals surface area contributed by atoms with Crippen LogP contribution in [-0.4, -0.2) is 16.5 Å². The first-order valence-corrected chi connectivity index (χ1v) is 6.10. The van der Waals surface area contributed by atoms with Crippen LogP contribution in [0.15, 0.2) is 6.07 Å². The Morgan fingerprint density at radius 2 is 1.89 bits per heavy atom. The molecule has 1 aromatic heterocycles. The van der Waals surface area contributed by atoms with Crippen LogP contribution in [0.2, 0.25) is 5.28 Å². The maximum absolute atomic E-state index is 12.5. The third kappa shape index (κ3) is 4.33. The average Bonchev–Trinajstić information content (AvgIpc) is 2.28. The van der Waals surface area contributed by atoms with Gasteiger partial charge in [-0.05, 0) is 17.5 Å². The first-order valence-electron chi connectivity index (χ1n) is 5.72. The molecule has 1 N–H and O–H groups in total. The van der Waals surface area contributed by atoms with Gasteiger partial charge in [0.2, 0.25) is 5.28 Å². The molecule has 18 heavy (non-hydrogen) atoms. The van der Waals surface area contributed by atoms with Gasteiger partial charge in [0.25, 0.3) is 0 Å². The van der Waals surface area contributed by atoms with Gasteiger partial charge < -0.3 is 5.32 Å². The third-order valence-electron chi connectivity index (χ3n) is 2.72. The average molecular weight is 282 g/mol. The van der Waals surface area contributed by atoms with Crippen molar-refractivity contribution in [2.75, 3.05) is 11.9 Å². The van der Waals surface area contributed by atoms with Gasteiger partial charge in [0.15, 0.2) is 5.69 Å². The molecular formula is C11H15ClF3N3. The normalized spacial score (nSPS) is 11.9. The van der Waals surface area contributed by atoms with Crippen molar-refractivity contribution in [2.24, 2.45) is 5.92 Å². The zero-order chi connectivity index (χ0) is 13.8. The van der Waals surface area contributed by atoms with Crippen molar-refractivity contribution in [1.82, 2.24) is 9.97 Å². The molecule has 0 radical (unpaired) electrons. The Bertz CT molecular complexity index is 392. The fraction of sp³-hybridized carbons (Fsp3) is 0.636.